The van der Waals surface area contributed by atoms with Crippen LogP contribution < -0.4 is 0 Å². The van der Waals surface area contributed by atoms with Crippen molar-refractivity contribution in [3.63, 3.8) is 0 Å². The van der Waals surface area contributed by atoms with Crippen LogP contribution in [-0.4, -0.2) is 5.11 Å². The first-order valence-electron chi connectivity index (χ1n) is 4.58. The van der Waals surface area contributed by atoms with Crippen LogP contribution >= 0.6 is 0 Å². The highest BCUT2D eigenvalue weighted by molar-refractivity contribution is 5.44. The van der Waals surface area contributed by atoms with Crippen molar-refractivity contribution in [3.05, 3.63) is 29.6 Å². The molecule has 1 aliphatic carbocycles. The molecule has 2 nitrogen and oxygen atoms in total. The zero-order chi connectivity index (χ0) is 10.2. The van der Waals surface area contributed by atoms with Crippen molar-refractivity contribution in [1.29, 1.82) is 5.26 Å². The highest BCUT2D eigenvalue weighted by Gasteiger charge is 2.41. The molecule has 0 unspecified atom stereocenters. The van der Waals surface area contributed by atoms with E-state index in [1.54, 1.807) is 0 Å². The van der Waals surface area contributed by atoms with Gasteiger partial charge in [-0.25, -0.2) is 4.39 Å². The minimum absolute atomic E-state index is 0.0210. The summed E-state index contributed by atoms with van der Waals surface area (Å²) in [6.45, 7) is 0. The van der Waals surface area contributed by atoms with E-state index < -0.39 is 11.2 Å². The third-order valence-electron chi connectivity index (χ3n) is 2.90. The van der Waals surface area contributed by atoms with Gasteiger partial charge in [0.05, 0.1) is 11.5 Å². The van der Waals surface area contributed by atoms with E-state index >= 15 is 0 Å². The zero-order valence-corrected chi connectivity index (χ0v) is 7.63. The van der Waals surface area contributed by atoms with Gasteiger partial charge >= 0.3 is 0 Å². The van der Waals surface area contributed by atoms with Crippen LogP contribution in [0.15, 0.2) is 18.2 Å². The number of halogens is 1. The van der Waals surface area contributed by atoms with Crippen LogP contribution in [0.25, 0.3) is 0 Å². The molecule has 14 heavy (non-hydrogen) atoms. The molecule has 2 rings (SSSR count). The molecule has 1 saturated carbocycles. The average Bonchev–Trinajstić information content (AvgIpc) is 2.10. The molecule has 0 saturated heterocycles. The van der Waals surface area contributed by atoms with Crippen molar-refractivity contribution in [2.75, 3.05) is 0 Å². The van der Waals surface area contributed by atoms with E-state index in [2.05, 4.69) is 6.07 Å². The highest BCUT2D eigenvalue weighted by Crippen LogP contribution is 2.46. The van der Waals surface area contributed by atoms with E-state index in [9.17, 15) is 9.50 Å². The molecule has 0 aliphatic heterocycles. The molecule has 0 heterocycles. The summed E-state index contributed by atoms with van der Waals surface area (Å²) in [6.07, 6.45) is 2.38. The first kappa shape index (κ1) is 9.01. The van der Waals surface area contributed by atoms with E-state index in [1.807, 2.05) is 0 Å². The zero-order valence-electron chi connectivity index (χ0n) is 7.63. The summed E-state index contributed by atoms with van der Waals surface area (Å²) in [7, 11) is 0. The maximum absolute atomic E-state index is 13.0. The van der Waals surface area contributed by atoms with Gasteiger partial charge in [0, 0.05) is 5.56 Å². The fourth-order valence-corrected chi connectivity index (χ4v) is 1.86. The number of rotatable bonds is 1. The largest absolute Gasteiger partial charge is 0.508 e. The minimum Gasteiger partial charge on any atom is -0.508 e. The van der Waals surface area contributed by atoms with Gasteiger partial charge in [0.2, 0.25) is 0 Å². The molecule has 1 N–H and O–H groups in total. The van der Waals surface area contributed by atoms with Crippen molar-refractivity contribution in [2.45, 2.75) is 24.7 Å². The van der Waals surface area contributed by atoms with Gasteiger partial charge in [0.25, 0.3) is 0 Å². The summed E-state index contributed by atoms with van der Waals surface area (Å²) in [4.78, 5) is 0. The van der Waals surface area contributed by atoms with E-state index in [4.69, 9.17) is 5.26 Å². The highest BCUT2D eigenvalue weighted by atomic mass is 19.1. The number of nitrogens with zero attached hydrogens (tertiary/aromatic N) is 1. The Morgan fingerprint density at radius 3 is 2.64 bits per heavy atom. The molecule has 0 aromatic heterocycles. The number of phenols is 1. The van der Waals surface area contributed by atoms with Crippen molar-refractivity contribution in [3.8, 4) is 11.8 Å². The number of hydrogen-bond acceptors (Lipinski definition) is 2. The van der Waals surface area contributed by atoms with Crippen LogP contribution in [0.3, 0.4) is 0 Å². The van der Waals surface area contributed by atoms with Crippen molar-refractivity contribution in [2.24, 2.45) is 0 Å². The molecule has 0 spiro atoms. The lowest BCUT2D eigenvalue weighted by atomic mass is 9.65. The second-order valence-electron chi connectivity index (χ2n) is 3.71. The van der Waals surface area contributed by atoms with E-state index in [0.717, 1.165) is 6.42 Å². The predicted octanol–water partition coefficient (Wildman–Crippen LogP) is 2.48. The lowest BCUT2D eigenvalue weighted by Crippen LogP contribution is -2.32. The third-order valence-corrected chi connectivity index (χ3v) is 2.90. The molecule has 1 fully saturated rings. The van der Waals surface area contributed by atoms with Crippen LogP contribution in [0.4, 0.5) is 4.39 Å². The molecule has 0 radical (unpaired) electrons. The maximum Gasteiger partial charge on any atom is 0.123 e. The Labute approximate surface area is 81.6 Å². The number of nitriles is 1. The van der Waals surface area contributed by atoms with Crippen LogP contribution in [0.2, 0.25) is 0 Å². The first-order chi connectivity index (χ1) is 6.68. The number of hydrogen-bond donors (Lipinski definition) is 1. The second kappa shape index (κ2) is 2.98. The summed E-state index contributed by atoms with van der Waals surface area (Å²) in [6, 6.07) is 5.94. The molecule has 0 bridgehead atoms. The summed E-state index contributed by atoms with van der Waals surface area (Å²) >= 11 is 0. The van der Waals surface area contributed by atoms with Crippen LogP contribution in [0.5, 0.6) is 5.75 Å². The van der Waals surface area contributed by atoms with Crippen LogP contribution in [-0.2, 0) is 5.41 Å². The fraction of sp³-hybridized carbons (Fsp3) is 0.364. The van der Waals surface area contributed by atoms with E-state index in [-0.39, 0.29) is 5.75 Å². The Kier molecular flexibility index (Phi) is 1.92. The van der Waals surface area contributed by atoms with Gasteiger partial charge in [0.1, 0.15) is 11.6 Å². The fourth-order valence-electron chi connectivity index (χ4n) is 1.86. The monoisotopic (exact) mass is 191 g/mol. The number of aromatic hydroxyl groups is 1. The molecular weight excluding hydrogens is 181 g/mol. The van der Waals surface area contributed by atoms with Crippen molar-refractivity contribution < 1.29 is 9.50 Å². The lowest BCUT2D eigenvalue weighted by molar-refractivity contribution is 0.310. The van der Waals surface area contributed by atoms with Gasteiger partial charge in [-0.2, -0.15) is 5.26 Å². The molecule has 1 aliphatic rings. The third kappa shape index (κ3) is 1.15. The quantitative estimate of drug-likeness (QED) is 0.741. The summed E-state index contributed by atoms with van der Waals surface area (Å²) in [5, 5.41) is 18.6. The van der Waals surface area contributed by atoms with E-state index in [0.29, 0.717) is 18.4 Å². The Balaban J connectivity index is 2.50. The molecule has 1 aromatic rings. The summed E-state index contributed by atoms with van der Waals surface area (Å²) in [5.74, 6) is -0.382. The maximum atomic E-state index is 13.0. The van der Waals surface area contributed by atoms with Gasteiger partial charge in [-0.05, 0) is 37.5 Å². The van der Waals surface area contributed by atoms with Gasteiger partial charge in [-0.3, -0.25) is 0 Å². The predicted molar refractivity (Wildman–Crippen MR) is 49.2 cm³/mol. The van der Waals surface area contributed by atoms with Crippen LogP contribution in [0.1, 0.15) is 24.8 Å². The Morgan fingerprint density at radius 1 is 1.43 bits per heavy atom. The topological polar surface area (TPSA) is 44.0 Å². The van der Waals surface area contributed by atoms with Crippen molar-refractivity contribution >= 4 is 0 Å². The molecule has 0 atom stereocenters. The first-order valence-corrected chi connectivity index (χ1v) is 4.58. The Morgan fingerprint density at radius 2 is 2.14 bits per heavy atom. The van der Waals surface area contributed by atoms with Crippen LogP contribution in [0, 0.1) is 17.1 Å². The minimum atomic E-state index is -0.647. The van der Waals surface area contributed by atoms with E-state index in [1.165, 1.54) is 18.2 Å². The molecule has 1 aromatic carbocycles. The average molecular weight is 191 g/mol. The van der Waals surface area contributed by atoms with Gasteiger partial charge < -0.3 is 5.11 Å². The molecule has 0 amide bonds. The standard InChI is InChI=1S/C11H10FNO/c12-8-2-3-10(14)9(6-8)11(7-13)4-1-5-11/h2-3,6,14H,1,4-5H2. The second-order valence-corrected chi connectivity index (χ2v) is 3.71. The molecule has 3 heteroatoms. The Hall–Kier alpha value is -1.56. The lowest BCUT2D eigenvalue weighted by Gasteiger charge is -2.35. The van der Waals surface area contributed by atoms with Gasteiger partial charge in [0.15, 0.2) is 0 Å². The van der Waals surface area contributed by atoms with Gasteiger partial charge in [-0.15, -0.1) is 0 Å². The smallest absolute Gasteiger partial charge is 0.123 e. The molecule has 72 valence electrons. The molecular formula is C11H10FNO. The number of benzene rings is 1. The van der Waals surface area contributed by atoms with Gasteiger partial charge in [-0.1, -0.05) is 0 Å². The number of phenolic OH excluding ortho intramolecular Hbond substituents is 1. The van der Waals surface area contributed by atoms with Crippen molar-refractivity contribution in [1.82, 2.24) is 0 Å². The Bertz CT molecular complexity index is 404. The SMILES string of the molecule is N#CC1(c2cc(F)ccc2O)CCC1. The summed E-state index contributed by atoms with van der Waals surface area (Å²) in [5.41, 5.74) is -0.210. The summed E-state index contributed by atoms with van der Waals surface area (Å²) < 4.78 is 13.0. The normalized spacial score (nSPS) is 18.3.